The number of sulfone groups is 1. The van der Waals surface area contributed by atoms with Gasteiger partial charge in [0.1, 0.15) is 0 Å². The zero-order chi connectivity index (χ0) is 17.5. The number of hydrogen-bond acceptors (Lipinski definition) is 5. The van der Waals surface area contributed by atoms with Crippen LogP contribution in [-0.2, 0) is 9.84 Å². The van der Waals surface area contributed by atoms with Crippen LogP contribution >= 0.6 is 0 Å². The highest BCUT2D eigenvalue weighted by molar-refractivity contribution is 7.91. The average molecular weight is 347 g/mol. The molecule has 0 radical (unpaired) electrons. The van der Waals surface area contributed by atoms with Crippen LogP contribution in [-0.4, -0.2) is 30.6 Å². The lowest BCUT2D eigenvalue weighted by Crippen LogP contribution is -2.37. The molecule has 3 N–H and O–H groups in total. The van der Waals surface area contributed by atoms with E-state index in [0.717, 1.165) is 5.56 Å². The van der Waals surface area contributed by atoms with Gasteiger partial charge in [-0.25, -0.2) is 8.42 Å². The predicted molar refractivity (Wildman–Crippen MR) is 92.0 cm³/mol. The summed E-state index contributed by atoms with van der Waals surface area (Å²) in [6, 6.07) is 14.0. The number of aliphatic hydroxyl groups excluding tert-OH is 1. The number of aliphatic hydroxyl groups is 1. The number of hydrogen-bond donors (Lipinski definition) is 3. The lowest BCUT2D eigenvalue weighted by molar-refractivity contribution is 0.0521. The Bertz CT molecular complexity index is 847. The van der Waals surface area contributed by atoms with Crippen LogP contribution in [0.3, 0.4) is 0 Å². The minimum Gasteiger partial charge on any atom is -0.392 e. The van der Waals surface area contributed by atoms with E-state index >= 15 is 0 Å². The Balaban J connectivity index is 2.33. The van der Waals surface area contributed by atoms with E-state index < -0.39 is 27.3 Å². The SMILES string of the molecule is CC1(C)CS(=O)(=O)c2ccc(NO)cc2C(c2ccccc2)C1O. The molecule has 0 saturated heterocycles. The number of fused-ring (bicyclic) bond motifs is 1. The Kier molecular flexibility index (Phi) is 4.15. The molecule has 0 saturated carbocycles. The first-order chi connectivity index (χ1) is 11.3. The molecule has 0 amide bonds. The van der Waals surface area contributed by atoms with Gasteiger partial charge in [-0.3, -0.25) is 10.7 Å². The largest absolute Gasteiger partial charge is 0.392 e. The topological polar surface area (TPSA) is 86.6 Å². The highest BCUT2D eigenvalue weighted by atomic mass is 32.2. The van der Waals surface area contributed by atoms with Crippen molar-refractivity contribution in [2.24, 2.45) is 5.41 Å². The van der Waals surface area contributed by atoms with Crippen LogP contribution in [0.1, 0.15) is 30.9 Å². The Labute approximate surface area is 141 Å². The minimum atomic E-state index is -3.55. The molecule has 2 aromatic carbocycles. The summed E-state index contributed by atoms with van der Waals surface area (Å²) in [5, 5.41) is 20.2. The molecule has 24 heavy (non-hydrogen) atoms. The third kappa shape index (κ3) is 2.81. The Morgan fingerprint density at radius 3 is 2.42 bits per heavy atom. The fourth-order valence-corrected chi connectivity index (χ4v) is 5.57. The Morgan fingerprint density at radius 1 is 1.12 bits per heavy atom. The van der Waals surface area contributed by atoms with Crippen LogP contribution in [0.25, 0.3) is 0 Å². The fraction of sp³-hybridized carbons (Fsp3) is 0.333. The molecule has 1 heterocycles. The molecular weight excluding hydrogens is 326 g/mol. The zero-order valence-electron chi connectivity index (χ0n) is 13.6. The van der Waals surface area contributed by atoms with Crippen LogP contribution < -0.4 is 5.48 Å². The van der Waals surface area contributed by atoms with Crippen LogP contribution in [0.15, 0.2) is 53.4 Å². The number of nitrogens with one attached hydrogen (secondary N) is 1. The number of anilines is 1. The lowest BCUT2D eigenvalue weighted by Gasteiger charge is -2.33. The minimum absolute atomic E-state index is 0.136. The van der Waals surface area contributed by atoms with Crippen molar-refractivity contribution in [2.45, 2.75) is 30.8 Å². The first-order valence-electron chi connectivity index (χ1n) is 7.76. The third-order valence-electron chi connectivity index (χ3n) is 4.65. The summed E-state index contributed by atoms with van der Waals surface area (Å²) in [5.74, 6) is -0.634. The molecule has 0 aromatic heterocycles. The highest BCUT2D eigenvalue weighted by Crippen LogP contribution is 2.45. The van der Waals surface area contributed by atoms with E-state index in [2.05, 4.69) is 5.48 Å². The summed E-state index contributed by atoms with van der Waals surface area (Å²) < 4.78 is 25.7. The van der Waals surface area contributed by atoms with Crippen molar-refractivity contribution in [3.63, 3.8) is 0 Å². The van der Waals surface area contributed by atoms with Crippen LogP contribution in [0.4, 0.5) is 5.69 Å². The zero-order valence-corrected chi connectivity index (χ0v) is 14.4. The summed E-state index contributed by atoms with van der Waals surface area (Å²) in [6.07, 6.45) is -0.884. The van der Waals surface area contributed by atoms with Gasteiger partial charge in [-0.2, -0.15) is 0 Å². The van der Waals surface area contributed by atoms with E-state index in [4.69, 9.17) is 0 Å². The standard InChI is InChI=1S/C18H21NO4S/c1-18(2)11-24(22,23)15-9-8-13(19-21)10-14(15)16(17(18)20)12-6-4-3-5-7-12/h3-10,16-17,19-21H,11H2,1-2H3. The van der Waals surface area contributed by atoms with E-state index in [1.54, 1.807) is 19.9 Å². The van der Waals surface area contributed by atoms with Crippen molar-refractivity contribution in [3.05, 3.63) is 59.7 Å². The molecule has 1 aliphatic rings. The number of rotatable bonds is 2. The van der Waals surface area contributed by atoms with Gasteiger partial charge < -0.3 is 5.11 Å². The molecule has 5 nitrogen and oxygen atoms in total. The van der Waals surface area contributed by atoms with Gasteiger partial charge in [0.2, 0.25) is 0 Å². The Hall–Kier alpha value is -1.89. The van der Waals surface area contributed by atoms with Crippen LogP contribution in [0, 0.1) is 5.41 Å². The summed E-state index contributed by atoms with van der Waals surface area (Å²) >= 11 is 0. The van der Waals surface area contributed by atoms with Gasteiger partial charge in [-0.1, -0.05) is 44.2 Å². The lowest BCUT2D eigenvalue weighted by atomic mass is 9.75. The van der Waals surface area contributed by atoms with Gasteiger partial charge in [0, 0.05) is 11.3 Å². The Morgan fingerprint density at radius 2 is 1.79 bits per heavy atom. The number of benzene rings is 2. The second kappa shape index (κ2) is 5.88. The molecule has 1 aliphatic heterocycles. The molecule has 0 spiro atoms. The van der Waals surface area contributed by atoms with E-state index in [9.17, 15) is 18.7 Å². The first-order valence-corrected chi connectivity index (χ1v) is 9.41. The summed E-state index contributed by atoms with van der Waals surface area (Å²) in [5.41, 5.74) is 2.97. The van der Waals surface area contributed by atoms with Crippen molar-refractivity contribution in [1.29, 1.82) is 0 Å². The molecule has 0 bridgehead atoms. The molecule has 2 atom stereocenters. The molecule has 6 heteroatoms. The third-order valence-corrected chi connectivity index (χ3v) is 6.81. The molecule has 2 aromatic rings. The maximum absolute atomic E-state index is 12.8. The maximum Gasteiger partial charge on any atom is 0.179 e. The van der Waals surface area contributed by atoms with E-state index in [-0.39, 0.29) is 10.6 Å². The molecule has 0 fully saturated rings. The van der Waals surface area contributed by atoms with Crippen molar-refractivity contribution in [3.8, 4) is 0 Å². The monoisotopic (exact) mass is 347 g/mol. The smallest absolute Gasteiger partial charge is 0.179 e. The summed E-state index contributed by atoms with van der Waals surface area (Å²) in [7, 11) is -3.55. The van der Waals surface area contributed by atoms with Crippen molar-refractivity contribution >= 4 is 15.5 Å². The molecule has 2 unspecified atom stereocenters. The average Bonchev–Trinajstić information content (AvgIpc) is 2.59. The second-order valence-electron chi connectivity index (χ2n) is 6.95. The van der Waals surface area contributed by atoms with Gasteiger partial charge in [-0.05, 0) is 29.3 Å². The van der Waals surface area contributed by atoms with Gasteiger partial charge in [-0.15, -0.1) is 0 Å². The second-order valence-corrected chi connectivity index (χ2v) is 8.90. The molecule has 3 rings (SSSR count). The van der Waals surface area contributed by atoms with E-state index in [1.807, 2.05) is 30.3 Å². The van der Waals surface area contributed by atoms with Crippen molar-refractivity contribution in [2.75, 3.05) is 11.2 Å². The molecule has 128 valence electrons. The van der Waals surface area contributed by atoms with Gasteiger partial charge >= 0.3 is 0 Å². The predicted octanol–water partition coefficient (Wildman–Crippen LogP) is 2.79. The molecular formula is C18H21NO4S. The summed E-state index contributed by atoms with van der Waals surface area (Å²) in [6.45, 7) is 3.53. The van der Waals surface area contributed by atoms with Gasteiger partial charge in [0.05, 0.1) is 22.4 Å². The quantitative estimate of drug-likeness (QED) is 0.727. The van der Waals surface area contributed by atoms with Gasteiger partial charge in [0.15, 0.2) is 9.84 Å². The molecule has 0 aliphatic carbocycles. The first kappa shape index (κ1) is 17.0. The van der Waals surface area contributed by atoms with Crippen LogP contribution in [0.2, 0.25) is 0 Å². The highest BCUT2D eigenvalue weighted by Gasteiger charge is 2.44. The maximum atomic E-state index is 12.8. The van der Waals surface area contributed by atoms with Crippen molar-refractivity contribution < 1.29 is 18.7 Å². The van der Waals surface area contributed by atoms with Gasteiger partial charge in [0.25, 0.3) is 0 Å². The van der Waals surface area contributed by atoms with Crippen molar-refractivity contribution in [1.82, 2.24) is 0 Å². The van der Waals surface area contributed by atoms with E-state index in [0.29, 0.717) is 11.3 Å². The van der Waals surface area contributed by atoms with E-state index in [1.165, 1.54) is 12.1 Å². The fourth-order valence-electron chi connectivity index (χ4n) is 3.44. The normalized spacial score (nSPS) is 24.7. The summed E-state index contributed by atoms with van der Waals surface area (Å²) in [4.78, 5) is 0.208. The van der Waals surface area contributed by atoms with Crippen LogP contribution in [0.5, 0.6) is 0 Å².